The average Bonchev–Trinajstić information content (AvgIpc) is 2.67. The lowest BCUT2D eigenvalue weighted by atomic mass is 10.0. The van der Waals surface area contributed by atoms with Gasteiger partial charge in [0, 0.05) is 37.4 Å². The Bertz CT molecular complexity index is 787. The number of rotatable bonds is 7. The molecule has 0 radical (unpaired) electrons. The summed E-state index contributed by atoms with van der Waals surface area (Å²) >= 11 is 0. The third-order valence-corrected chi connectivity index (χ3v) is 7.67. The van der Waals surface area contributed by atoms with Crippen molar-refractivity contribution in [2.24, 2.45) is 4.99 Å². The van der Waals surface area contributed by atoms with Crippen LogP contribution in [0, 0.1) is 0 Å². The lowest BCUT2D eigenvalue weighted by Crippen LogP contribution is -2.51. The van der Waals surface area contributed by atoms with E-state index in [4.69, 9.17) is 4.74 Å². The van der Waals surface area contributed by atoms with Gasteiger partial charge < -0.3 is 20.3 Å². The van der Waals surface area contributed by atoms with E-state index in [-0.39, 0.29) is 18.3 Å². The van der Waals surface area contributed by atoms with Crippen molar-refractivity contribution in [1.82, 2.24) is 10.6 Å². The number of benzene rings is 1. The summed E-state index contributed by atoms with van der Waals surface area (Å²) in [5.41, 5.74) is 1.15. The summed E-state index contributed by atoms with van der Waals surface area (Å²) in [6, 6.07) is 8.35. The lowest BCUT2D eigenvalue weighted by Gasteiger charge is -2.35. The Morgan fingerprint density at radius 1 is 1.34 bits per heavy atom. The number of nitrogens with one attached hydrogen (secondary N) is 2. The summed E-state index contributed by atoms with van der Waals surface area (Å²) in [6.07, 6.45) is 2.12. The van der Waals surface area contributed by atoms with E-state index in [0.717, 1.165) is 43.9 Å². The lowest BCUT2D eigenvalue weighted by molar-refractivity contribution is 0.414. The molecule has 1 aliphatic rings. The van der Waals surface area contributed by atoms with Crippen molar-refractivity contribution >= 4 is 21.5 Å². The second-order valence-electron chi connectivity index (χ2n) is 8.32. The molecule has 0 amide bonds. The van der Waals surface area contributed by atoms with Gasteiger partial charge in [-0.1, -0.05) is 6.07 Å². The van der Waals surface area contributed by atoms with Crippen LogP contribution in [0.15, 0.2) is 29.3 Å². The Labute approximate surface area is 175 Å². The fourth-order valence-corrected chi connectivity index (χ4v) is 4.18. The molecule has 2 N–H and O–H groups in total. The number of guanidine groups is 1. The zero-order valence-electron chi connectivity index (χ0n) is 18.4. The smallest absolute Gasteiger partial charge is 0.191 e. The highest BCUT2D eigenvalue weighted by Gasteiger charge is 2.28. The van der Waals surface area contributed by atoms with E-state index < -0.39 is 14.6 Å². The van der Waals surface area contributed by atoms with Gasteiger partial charge >= 0.3 is 0 Å². The summed E-state index contributed by atoms with van der Waals surface area (Å²) in [5, 5.41) is 6.71. The molecule has 1 fully saturated rings. The molecule has 1 saturated heterocycles. The van der Waals surface area contributed by atoms with Crippen LogP contribution in [0.3, 0.4) is 0 Å². The monoisotopic (exact) mass is 424 g/mol. The SMILES string of the molecule is CCNC(=NCCS(=O)(=O)C(C)(C)C)NC1CCCN(c2cccc(OC)c2)C1. The molecule has 1 unspecified atom stereocenters. The van der Waals surface area contributed by atoms with E-state index in [1.165, 1.54) is 0 Å². The number of methoxy groups -OCH3 is 1. The largest absolute Gasteiger partial charge is 0.497 e. The molecule has 0 aliphatic carbocycles. The third kappa shape index (κ3) is 6.80. The van der Waals surface area contributed by atoms with Crippen LogP contribution in [-0.2, 0) is 9.84 Å². The van der Waals surface area contributed by atoms with Gasteiger partial charge in [-0.25, -0.2) is 8.42 Å². The number of piperidine rings is 1. The minimum atomic E-state index is -3.18. The van der Waals surface area contributed by atoms with Gasteiger partial charge in [-0.2, -0.15) is 0 Å². The number of aliphatic imine (C=N–C) groups is 1. The maximum Gasteiger partial charge on any atom is 0.191 e. The maximum atomic E-state index is 12.3. The highest BCUT2D eigenvalue weighted by Crippen LogP contribution is 2.24. The number of nitrogens with zero attached hydrogens (tertiary/aromatic N) is 2. The molecule has 164 valence electrons. The second kappa shape index (κ2) is 10.2. The first-order chi connectivity index (χ1) is 13.7. The number of ether oxygens (including phenoxy) is 1. The first-order valence-electron chi connectivity index (χ1n) is 10.3. The molecule has 29 heavy (non-hydrogen) atoms. The summed E-state index contributed by atoms with van der Waals surface area (Å²) in [7, 11) is -1.50. The molecular formula is C21H36N4O3S. The van der Waals surface area contributed by atoms with Crippen LogP contribution < -0.4 is 20.3 Å². The van der Waals surface area contributed by atoms with Crippen molar-refractivity contribution in [1.29, 1.82) is 0 Å². The van der Waals surface area contributed by atoms with Crippen molar-refractivity contribution in [3.63, 3.8) is 0 Å². The van der Waals surface area contributed by atoms with Crippen LogP contribution >= 0.6 is 0 Å². The van der Waals surface area contributed by atoms with Crippen molar-refractivity contribution in [2.45, 2.75) is 51.3 Å². The first-order valence-corrected chi connectivity index (χ1v) is 12.0. The Kier molecular flexibility index (Phi) is 8.19. The molecule has 8 heteroatoms. The normalized spacial score (nSPS) is 18.4. The molecule has 1 heterocycles. The molecule has 2 rings (SSSR count). The second-order valence-corrected chi connectivity index (χ2v) is 11.2. The van der Waals surface area contributed by atoms with Crippen molar-refractivity contribution in [2.75, 3.05) is 43.9 Å². The highest BCUT2D eigenvalue weighted by molar-refractivity contribution is 7.92. The number of hydrogen-bond acceptors (Lipinski definition) is 5. The minimum absolute atomic E-state index is 0.0493. The molecular weight excluding hydrogens is 388 g/mol. The van der Waals surface area contributed by atoms with Crippen LogP contribution in [0.5, 0.6) is 5.75 Å². The molecule has 1 aromatic rings. The Morgan fingerprint density at radius 2 is 2.10 bits per heavy atom. The molecule has 0 bridgehead atoms. The number of sulfone groups is 1. The van der Waals surface area contributed by atoms with Crippen LogP contribution in [0.25, 0.3) is 0 Å². The fraction of sp³-hybridized carbons (Fsp3) is 0.667. The van der Waals surface area contributed by atoms with Crippen LogP contribution in [0.4, 0.5) is 5.69 Å². The summed E-state index contributed by atoms with van der Waals surface area (Å²) < 4.78 is 29.2. The maximum absolute atomic E-state index is 12.3. The zero-order valence-corrected chi connectivity index (χ0v) is 19.2. The van der Waals surface area contributed by atoms with Crippen molar-refractivity contribution in [3.05, 3.63) is 24.3 Å². The van der Waals surface area contributed by atoms with E-state index >= 15 is 0 Å². The van der Waals surface area contributed by atoms with Gasteiger partial charge in [0.15, 0.2) is 15.8 Å². The molecule has 0 aromatic heterocycles. The van der Waals surface area contributed by atoms with E-state index in [1.807, 2.05) is 19.1 Å². The highest BCUT2D eigenvalue weighted by atomic mass is 32.2. The molecule has 0 spiro atoms. The van der Waals surface area contributed by atoms with Crippen LogP contribution in [-0.4, -0.2) is 64.2 Å². The van der Waals surface area contributed by atoms with Gasteiger partial charge in [0.1, 0.15) is 5.75 Å². The molecule has 7 nitrogen and oxygen atoms in total. The Balaban J connectivity index is 2.00. The van der Waals surface area contributed by atoms with Gasteiger partial charge in [-0.3, -0.25) is 4.99 Å². The predicted molar refractivity (Wildman–Crippen MR) is 121 cm³/mol. The number of hydrogen-bond donors (Lipinski definition) is 2. The predicted octanol–water partition coefficient (Wildman–Crippen LogP) is 2.43. The first kappa shape index (κ1) is 23.3. The van der Waals surface area contributed by atoms with E-state index in [9.17, 15) is 8.42 Å². The molecule has 1 aliphatic heterocycles. The van der Waals surface area contributed by atoms with Gasteiger partial charge in [0.2, 0.25) is 0 Å². The van der Waals surface area contributed by atoms with E-state index in [1.54, 1.807) is 27.9 Å². The van der Waals surface area contributed by atoms with E-state index in [0.29, 0.717) is 5.96 Å². The Hall–Kier alpha value is -1.96. The summed E-state index contributed by atoms with van der Waals surface area (Å²) in [4.78, 5) is 6.85. The minimum Gasteiger partial charge on any atom is -0.497 e. The molecule has 0 saturated carbocycles. The molecule has 1 atom stereocenters. The van der Waals surface area contributed by atoms with Crippen molar-refractivity contribution < 1.29 is 13.2 Å². The van der Waals surface area contributed by atoms with Crippen LogP contribution in [0.2, 0.25) is 0 Å². The van der Waals surface area contributed by atoms with E-state index in [2.05, 4.69) is 32.7 Å². The van der Waals surface area contributed by atoms with Gasteiger partial charge in [0.05, 0.1) is 24.2 Å². The van der Waals surface area contributed by atoms with Gasteiger partial charge in [-0.15, -0.1) is 0 Å². The topological polar surface area (TPSA) is 83.0 Å². The zero-order chi connectivity index (χ0) is 21.5. The third-order valence-electron chi connectivity index (χ3n) is 5.09. The summed E-state index contributed by atoms with van der Waals surface area (Å²) in [5.74, 6) is 1.58. The fourth-order valence-electron chi connectivity index (χ4n) is 3.23. The van der Waals surface area contributed by atoms with Gasteiger partial charge in [-0.05, 0) is 52.7 Å². The standard InChI is InChI=1S/C21H36N4O3S/c1-6-22-20(23-12-14-29(26,27)21(2,3)4)24-17-9-8-13-25(16-17)18-10-7-11-19(15-18)28-5/h7,10-11,15,17H,6,8-9,12-14,16H2,1-5H3,(H2,22,23,24). The summed E-state index contributed by atoms with van der Waals surface area (Å²) in [6.45, 7) is 10.0. The number of anilines is 1. The van der Waals surface area contributed by atoms with Gasteiger partial charge in [0.25, 0.3) is 0 Å². The van der Waals surface area contributed by atoms with Crippen molar-refractivity contribution in [3.8, 4) is 5.75 Å². The quantitative estimate of drug-likeness (QED) is 0.517. The Morgan fingerprint density at radius 3 is 2.76 bits per heavy atom. The molecule has 1 aromatic carbocycles. The average molecular weight is 425 g/mol. The van der Waals surface area contributed by atoms with Crippen LogP contribution in [0.1, 0.15) is 40.5 Å².